The molecular formula is C47H51NO14. The highest BCUT2D eigenvalue weighted by atomic mass is 16.6. The number of Topliss-reactive ketones (excluding diaryl/α,β-unsaturated/α-hetero) is 1. The van der Waals surface area contributed by atoms with Crippen LogP contribution in [0.2, 0.25) is 0 Å². The number of ketones is 1. The van der Waals surface area contributed by atoms with Crippen molar-refractivity contribution in [2.24, 2.45) is 17.3 Å². The van der Waals surface area contributed by atoms with Crippen LogP contribution in [0.5, 0.6) is 0 Å². The molecule has 11 unspecified atom stereocenters. The highest BCUT2D eigenvalue weighted by Gasteiger charge is 2.75. The maximum Gasteiger partial charge on any atom is 0.338 e. The van der Waals surface area contributed by atoms with Crippen molar-refractivity contribution in [2.45, 2.75) is 101 Å². The number of esters is 4. The van der Waals surface area contributed by atoms with E-state index in [1.165, 1.54) is 19.2 Å². The van der Waals surface area contributed by atoms with Crippen LogP contribution in [0.15, 0.2) is 102 Å². The van der Waals surface area contributed by atoms with E-state index in [0.717, 1.165) is 13.8 Å². The number of benzene rings is 3. The van der Waals surface area contributed by atoms with Gasteiger partial charge in [-0.3, -0.25) is 19.2 Å². The molecule has 15 nitrogen and oxygen atoms in total. The molecule has 3 N–H and O–H groups in total. The van der Waals surface area contributed by atoms with Gasteiger partial charge in [0, 0.05) is 44.8 Å². The van der Waals surface area contributed by atoms with Crippen molar-refractivity contribution in [1.82, 2.24) is 5.32 Å². The zero-order valence-corrected chi connectivity index (χ0v) is 35.3. The van der Waals surface area contributed by atoms with Gasteiger partial charge in [-0.25, -0.2) is 9.59 Å². The minimum Gasteiger partial charge on any atom is -0.456 e. The SMILES string of the molecule is COC(C(=O)OC1CC2(O)C(OC(=O)c3ccccc3)C3C(C(=O)C(OC(C)=O)C(=C1C)C2(C)C)C(O)CC1OCC13OC(C)=O)C(NC(=O)c1ccccc1)c1ccccc1. The number of aliphatic hydroxyl groups is 2. The summed E-state index contributed by atoms with van der Waals surface area (Å²) < 4.78 is 36.1. The van der Waals surface area contributed by atoms with Gasteiger partial charge in [-0.15, -0.1) is 0 Å². The van der Waals surface area contributed by atoms with Gasteiger partial charge in [0.05, 0.1) is 36.2 Å². The van der Waals surface area contributed by atoms with E-state index in [1.54, 1.807) is 99.6 Å². The number of aliphatic hydroxyl groups excluding tert-OH is 1. The number of nitrogens with one attached hydrogen (secondary N) is 1. The molecule has 1 heterocycles. The average Bonchev–Trinajstić information content (AvgIpc) is 3.24. The molecule has 4 aliphatic rings. The molecule has 3 aromatic rings. The second-order valence-electron chi connectivity index (χ2n) is 16.9. The lowest BCUT2D eigenvalue weighted by atomic mass is 9.48. The minimum absolute atomic E-state index is 0.0511. The van der Waals surface area contributed by atoms with Crippen LogP contribution in [0.3, 0.4) is 0 Å². The summed E-state index contributed by atoms with van der Waals surface area (Å²) in [7, 11) is 1.28. The molecule has 62 heavy (non-hydrogen) atoms. The summed E-state index contributed by atoms with van der Waals surface area (Å²) in [4.78, 5) is 83.5. The molecule has 11 atom stereocenters. The quantitative estimate of drug-likeness (QED) is 0.142. The number of methoxy groups -OCH3 is 1. The third kappa shape index (κ3) is 7.71. The molecule has 2 bridgehead atoms. The molecule has 1 aliphatic heterocycles. The Hall–Kier alpha value is -5.74. The Bertz CT molecular complexity index is 2250. The summed E-state index contributed by atoms with van der Waals surface area (Å²) in [5, 5.41) is 28.4. The van der Waals surface area contributed by atoms with E-state index < -0.39 is 113 Å². The lowest BCUT2D eigenvalue weighted by Crippen LogP contribution is -2.79. The topological polar surface area (TPSA) is 210 Å². The summed E-state index contributed by atoms with van der Waals surface area (Å²) in [5.74, 6) is -7.82. The van der Waals surface area contributed by atoms with Crippen LogP contribution in [-0.4, -0.2) is 107 Å². The fourth-order valence-electron chi connectivity index (χ4n) is 10.0. The summed E-state index contributed by atoms with van der Waals surface area (Å²) in [6.07, 6.45) is -9.52. The van der Waals surface area contributed by atoms with E-state index in [-0.39, 0.29) is 29.7 Å². The first kappa shape index (κ1) is 44.3. The first-order valence-corrected chi connectivity index (χ1v) is 20.5. The van der Waals surface area contributed by atoms with Crippen molar-refractivity contribution in [3.8, 4) is 0 Å². The fourth-order valence-corrected chi connectivity index (χ4v) is 10.0. The van der Waals surface area contributed by atoms with Gasteiger partial charge in [0.25, 0.3) is 5.91 Å². The number of fused-ring (bicyclic) bond motifs is 5. The monoisotopic (exact) mass is 853 g/mol. The Kier molecular flexibility index (Phi) is 12.3. The summed E-state index contributed by atoms with van der Waals surface area (Å²) >= 11 is 0. The normalized spacial score (nSPS) is 30.6. The molecule has 0 radical (unpaired) electrons. The Morgan fingerprint density at radius 1 is 0.839 bits per heavy atom. The van der Waals surface area contributed by atoms with E-state index >= 15 is 4.79 Å². The highest BCUT2D eigenvalue weighted by Crippen LogP contribution is 2.61. The van der Waals surface area contributed by atoms with E-state index in [2.05, 4.69) is 5.32 Å². The largest absolute Gasteiger partial charge is 0.456 e. The second kappa shape index (κ2) is 17.2. The van der Waals surface area contributed by atoms with Crippen molar-refractivity contribution in [3.63, 3.8) is 0 Å². The van der Waals surface area contributed by atoms with E-state index in [0.29, 0.717) is 11.1 Å². The van der Waals surface area contributed by atoms with Gasteiger partial charge in [0.2, 0.25) is 0 Å². The zero-order valence-electron chi connectivity index (χ0n) is 35.3. The summed E-state index contributed by atoms with van der Waals surface area (Å²) in [6, 6.07) is 23.8. The van der Waals surface area contributed by atoms with Crippen LogP contribution < -0.4 is 5.32 Å². The van der Waals surface area contributed by atoms with E-state index in [9.17, 15) is 34.2 Å². The predicted octanol–water partition coefficient (Wildman–Crippen LogP) is 4.00. The number of carbonyl (C=O) groups excluding carboxylic acids is 6. The fraction of sp³-hybridized carbons (Fsp3) is 0.447. The van der Waals surface area contributed by atoms with Crippen molar-refractivity contribution >= 4 is 35.6 Å². The number of carbonyl (C=O) groups is 6. The van der Waals surface area contributed by atoms with Crippen LogP contribution in [0.25, 0.3) is 0 Å². The first-order chi connectivity index (χ1) is 29.4. The standard InChI is InChI=1S/C47H51NO14/c1-25-32(60-44(55)40(57-6)37(28-16-10-7-11-17-28)48-42(53)29-18-12-8-13-19-29)23-47(56)41(61-43(54)30-20-14-9-15-21-30)36-34(31(51)22-33-46(36,24-58-33)62-27(3)50)38(52)39(59-26(2)49)35(25)45(47,4)5/h7-21,31-34,36-37,39-41,51,56H,22-24H2,1-6H3,(H,48,53). The first-order valence-electron chi connectivity index (χ1n) is 20.5. The number of amides is 1. The molecule has 3 fully saturated rings. The van der Waals surface area contributed by atoms with Crippen molar-refractivity contribution in [1.29, 1.82) is 0 Å². The van der Waals surface area contributed by atoms with Gasteiger partial charge < -0.3 is 44.0 Å². The molecule has 3 aromatic carbocycles. The Balaban J connectivity index is 1.38. The van der Waals surface area contributed by atoms with Gasteiger partial charge in [0.15, 0.2) is 23.6 Å². The third-order valence-corrected chi connectivity index (χ3v) is 13.1. The van der Waals surface area contributed by atoms with Gasteiger partial charge in [-0.2, -0.15) is 0 Å². The Morgan fingerprint density at radius 3 is 1.98 bits per heavy atom. The highest BCUT2D eigenvalue weighted by molar-refractivity contribution is 5.95. The summed E-state index contributed by atoms with van der Waals surface area (Å²) in [6.45, 7) is 6.74. The molecule has 15 heteroatoms. The van der Waals surface area contributed by atoms with Gasteiger partial charge in [0.1, 0.15) is 23.9 Å². The number of hydrogen-bond acceptors (Lipinski definition) is 14. The predicted molar refractivity (Wildman–Crippen MR) is 218 cm³/mol. The smallest absolute Gasteiger partial charge is 0.338 e. The van der Waals surface area contributed by atoms with Crippen LogP contribution in [0, 0.1) is 17.3 Å². The van der Waals surface area contributed by atoms with Crippen LogP contribution in [0.1, 0.15) is 79.8 Å². The van der Waals surface area contributed by atoms with Gasteiger partial charge in [-0.1, -0.05) is 80.6 Å². The Morgan fingerprint density at radius 2 is 1.44 bits per heavy atom. The van der Waals surface area contributed by atoms with Gasteiger partial charge in [-0.05, 0) is 47.9 Å². The molecule has 1 saturated heterocycles. The van der Waals surface area contributed by atoms with Gasteiger partial charge >= 0.3 is 23.9 Å². The summed E-state index contributed by atoms with van der Waals surface area (Å²) in [5.41, 5.74) is -4.45. The maximum absolute atomic E-state index is 15.2. The molecule has 0 aromatic heterocycles. The van der Waals surface area contributed by atoms with E-state index in [4.69, 9.17) is 28.4 Å². The van der Waals surface area contributed by atoms with E-state index in [1.807, 2.05) is 0 Å². The molecular weight excluding hydrogens is 803 g/mol. The number of ether oxygens (including phenoxy) is 6. The van der Waals surface area contributed by atoms with Crippen molar-refractivity contribution in [3.05, 3.63) is 119 Å². The molecule has 2 saturated carbocycles. The average molecular weight is 854 g/mol. The zero-order chi connectivity index (χ0) is 44.7. The van der Waals surface area contributed by atoms with Crippen LogP contribution >= 0.6 is 0 Å². The molecule has 0 spiro atoms. The molecule has 7 rings (SSSR count). The molecule has 3 aliphatic carbocycles. The lowest BCUT2D eigenvalue weighted by Gasteiger charge is -2.64. The molecule has 1 amide bonds. The van der Waals surface area contributed by atoms with Crippen LogP contribution in [-0.2, 0) is 47.6 Å². The number of hydrogen-bond donors (Lipinski definition) is 3. The third-order valence-electron chi connectivity index (χ3n) is 13.1. The number of rotatable bonds is 11. The van der Waals surface area contributed by atoms with Crippen LogP contribution in [0.4, 0.5) is 0 Å². The maximum atomic E-state index is 15.2. The van der Waals surface area contributed by atoms with Crippen molar-refractivity contribution < 1.29 is 67.4 Å². The second-order valence-corrected chi connectivity index (χ2v) is 16.9. The molecule has 328 valence electrons. The minimum atomic E-state index is -2.33. The lowest BCUT2D eigenvalue weighted by molar-refractivity contribution is -0.332. The Labute approximate surface area is 358 Å². The van der Waals surface area contributed by atoms with Crippen molar-refractivity contribution in [2.75, 3.05) is 13.7 Å².